The lowest BCUT2D eigenvalue weighted by molar-refractivity contribution is 0.0695. The molecular weight excluding hydrogens is 247 g/mol. The van der Waals surface area contributed by atoms with Crippen molar-refractivity contribution in [1.82, 2.24) is 9.78 Å². The zero-order chi connectivity index (χ0) is 14.2. The molecular formula is C14H15FN2O2. The van der Waals surface area contributed by atoms with Crippen LogP contribution in [0.5, 0.6) is 0 Å². The Labute approximate surface area is 110 Å². The molecule has 1 heterocycles. The lowest BCUT2D eigenvalue weighted by Crippen LogP contribution is -2.10. The first-order valence-electron chi connectivity index (χ1n) is 5.92. The van der Waals surface area contributed by atoms with Crippen LogP contribution < -0.4 is 0 Å². The van der Waals surface area contributed by atoms with Crippen LogP contribution in [0.1, 0.15) is 32.9 Å². The number of hydrogen-bond acceptors (Lipinski definition) is 2. The largest absolute Gasteiger partial charge is 0.478 e. The van der Waals surface area contributed by atoms with E-state index in [0.717, 1.165) is 23.0 Å². The summed E-state index contributed by atoms with van der Waals surface area (Å²) in [6.45, 7) is 6.01. The van der Waals surface area contributed by atoms with Crippen molar-refractivity contribution in [2.75, 3.05) is 0 Å². The molecule has 19 heavy (non-hydrogen) atoms. The van der Waals surface area contributed by atoms with Crippen molar-refractivity contribution in [3.8, 4) is 0 Å². The second kappa shape index (κ2) is 4.84. The highest BCUT2D eigenvalue weighted by Crippen LogP contribution is 2.17. The fourth-order valence-corrected chi connectivity index (χ4v) is 2.00. The van der Waals surface area contributed by atoms with Crippen LogP contribution in [0.2, 0.25) is 0 Å². The third kappa shape index (κ3) is 2.50. The van der Waals surface area contributed by atoms with E-state index in [0.29, 0.717) is 5.56 Å². The van der Waals surface area contributed by atoms with E-state index in [1.807, 2.05) is 20.8 Å². The zero-order valence-corrected chi connectivity index (χ0v) is 11.1. The van der Waals surface area contributed by atoms with Crippen LogP contribution in [0, 0.1) is 26.6 Å². The number of rotatable bonds is 3. The van der Waals surface area contributed by atoms with E-state index in [-0.39, 0.29) is 12.1 Å². The Kier molecular flexibility index (Phi) is 3.38. The van der Waals surface area contributed by atoms with Gasteiger partial charge in [-0.15, -0.1) is 0 Å². The standard InChI is InChI=1S/C14H15FN2O2/c1-8-9(2)16-17(10(8)3)7-11-6-12(15)4-5-13(11)14(18)19/h4-6H,7H2,1-3H3,(H,18,19). The minimum absolute atomic E-state index is 0.103. The second-order valence-corrected chi connectivity index (χ2v) is 4.56. The summed E-state index contributed by atoms with van der Waals surface area (Å²) in [6, 6.07) is 3.68. The number of halogens is 1. The van der Waals surface area contributed by atoms with Gasteiger partial charge in [0, 0.05) is 5.69 Å². The maximum absolute atomic E-state index is 13.3. The normalized spacial score (nSPS) is 10.7. The average Bonchev–Trinajstić information content (AvgIpc) is 2.57. The van der Waals surface area contributed by atoms with Crippen molar-refractivity contribution in [2.24, 2.45) is 0 Å². The topological polar surface area (TPSA) is 55.1 Å². The van der Waals surface area contributed by atoms with Crippen molar-refractivity contribution >= 4 is 5.97 Å². The van der Waals surface area contributed by atoms with E-state index in [1.54, 1.807) is 4.68 Å². The predicted octanol–water partition coefficient (Wildman–Crippen LogP) is 2.69. The molecule has 0 amide bonds. The number of carboxylic acid groups (broad SMARTS) is 1. The Bertz CT molecular complexity index is 647. The SMILES string of the molecule is Cc1nn(Cc2cc(F)ccc2C(=O)O)c(C)c1C. The molecule has 0 aliphatic heterocycles. The molecule has 1 N–H and O–H groups in total. The highest BCUT2D eigenvalue weighted by Gasteiger charge is 2.14. The van der Waals surface area contributed by atoms with Gasteiger partial charge in [-0.25, -0.2) is 9.18 Å². The summed E-state index contributed by atoms with van der Waals surface area (Å²) >= 11 is 0. The van der Waals surface area contributed by atoms with Gasteiger partial charge in [0.1, 0.15) is 5.82 Å². The zero-order valence-electron chi connectivity index (χ0n) is 11.1. The minimum atomic E-state index is -1.06. The van der Waals surface area contributed by atoms with E-state index in [1.165, 1.54) is 12.1 Å². The smallest absolute Gasteiger partial charge is 0.336 e. The van der Waals surface area contributed by atoms with Gasteiger partial charge in [0.2, 0.25) is 0 Å². The molecule has 0 fully saturated rings. The summed E-state index contributed by atoms with van der Waals surface area (Å²) in [5.41, 5.74) is 3.43. The fraction of sp³-hybridized carbons (Fsp3) is 0.286. The molecule has 100 valence electrons. The maximum Gasteiger partial charge on any atom is 0.336 e. The fourth-order valence-electron chi connectivity index (χ4n) is 2.00. The van der Waals surface area contributed by atoms with Gasteiger partial charge in [-0.3, -0.25) is 4.68 Å². The van der Waals surface area contributed by atoms with Crippen LogP contribution in [0.15, 0.2) is 18.2 Å². The Hall–Kier alpha value is -2.17. The Morgan fingerprint density at radius 1 is 1.37 bits per heavy atom. The molecule has 5 heteroatoms. The number of carbonyl (C=O) groups is 1. The van der Waals surface area contributed by atoms with E-state index >= 15 is 0 Å². The number of nitrogens with zero attached hydrogens (tertiary/aromatic N) is 2. The molecule has 2 aromatic rings. The van der Waals surface area contributed by atoms with Gasteiger partial charge in [-0.05, 0) is 50.1 Å². The van der Waals surface area contributed by atoms with Gasteiger partial charge in [0.25, 0.3) is 0 Å². The van der Waals surface area contributed by atoms with Crippen LogP contribution >= 0.6 is 0 Å². The number of carboxylic acids is 1. The van der Waals surface area contributed by atoms with E-state index in [9.17, 15) is 9.18 Å². The van der Waals surface area contributed by atoms with Crippen molar-refractivity contribution in [1.29, 1.82) is 0 Å². The summed E-state index contributed by atoms with van der Waals surface area (Å²) in [5, 5.41) is 13.4. The van der Waals surface area contributed by atoms with Gasteiger partial charge < -0.3 is 5.11 Å². The first-order chi connectivity index (χ1) is 8.90. The van der Waals surface area contributed by atoms with Crippen molar-refractivity contribution < 1.29 is 14.3 Å². The molecule has 0 radical (unpaired) electrons. The molecule has 0 unspecified atom stereocenters. The average molecular weight is 262 g/mol. The minimum Gasteiger partial charge on any atom is -0.478 e. The maximum atomic E-state index is 13.3. The molecule has 1 aromatic heterocycles. The van der Waals surface area contributed by atoms with Gasteiger partial charge >= 0.3 is 5.97 Å². The molecule has 4 nitrogen and oxygen atoms in total. The van der Waals surface area contributed by atoms with Crippen molar-refractivity contribution in [3.63, 3.8) is 0 Å². The Balaban J connectivity index is 2.45. The lowest BCUT2D eigenvalue weighted by atomic mass is 10.1. The van der Waals surface area contributed by atoms with Crippen LogP contribution in [-0.2, 0) is 6.54 Å². The number of hydrogen-bond donors (Lipinski definition) is 1. The number of aryl methyl sites for hydroxylation is 1. The summed E-state index contributed by atoms with van der Waals surface area (Å²) in [5.74, 6) is -1.51. The predicted molar refractivity (Wildman–Crippen MR) is 68.9 cm³/mol. The molecule has 0 bridgehead atoms. The van der Waals surface area contributed by atoms with Crippen LogP contribution in [0.3, 0.4) is 0 Å². The molecule has 2 rings (SSSR count). The third-order valence-corrected chi connectivity index (χ3v) is 3.36. The van der Waals surface area contributed by atoms with Crippen molar-refractivity contribution in [2.45, 2.75) is 27.3 Å². The summed E-state index contributed by atoms with van der Waals surface area (Å²) in [6.07, 6.45) is 0. The summed E-state index contributed by atoms with van der Waals surface area (Å²) in [4.78, 5) is 11.1. The Morgan fingerprint density at radius 3 is 2.58 bits per heavy atom. The van der Waals surface area contributed by atoms with Crippen LogP contribution in [0.4, 0.5) is 4.39 Å². The summed E-state index contributed by atoms with van der Waals surface area (Å²) in [7, 11) is 0. The van der Waals surface area contributed by atoms with E-state index in [2.05, 4.69) is 5.10 Å². The number of aromatic nitrogens is 2. The lowest BCUT2D eigenvalue weighted by Gasteiger charge is -2.08. The van der Waals surface area contributed by atoms with Crippen LogP contribution in [-0.4, -0.2) is 20.9 Å². The third-order valence-electron chi connectivity index (χ3n) is 3.36. The molecule has 0 aliphatic rings. The van der Waals surface area contributed by atoms with Crippen molar-refractivity contribution in [3.05, 3.63) is 52.1 Å². The van der Waals surface area contributed by atoms with Gasteiger partial charge in [-0.2, -0.15) is 5.10 Å². The number of benzene rings is 1. The quantitative estimate of drug-likeness (QED) is 0.925. The van der Waals surface area contributed by atoms with E-state index in [4.69, 9.17) is 5.11 Å². The molecule has 0 saturated heterocycles. The van der Waals surface area contributed by atoms with E-state index < -0.39 is 11.8 Å². The van der Waals surface area contributed by atoms with Gasteiger partial charge in [0.15, 0.2) is 0 Å². The van der Waals surface area contributed by atoms with Crippen LogP contribution in [0.25, 0.3) is 0 Å². The molecule has 0 atom stereocenters. The first kappa shape index (κ1) is 13.3. The summed E-state index contributed by atoms with van der Waals surface area (Å²) < 4.78 is 15.0. The second-order valence-electron chi connectivity index (χ2n) is 4.56. The molecule has 1 aromatic carbocycles. The molecule has 0 spiro atoms. The Morgan fingerprint density at radius 2 is 2.05 bits per heavy atom. The molecule has 0 aliphatic carbocycles. The highest BCUT2D eigenvalue weighted by molar-refractivity contribution is 5.89. The highest BCUT2D eigenvalue weighted by atomic mass is 19.1. The first-order valence-corrected chi connectivity index (χ1v) is 5.92. The monoisotopic (exact) mass is 262 g/mol. The van der Waals surface area contributed by atoms with Gasteiger partial charge in [-0.1, -0.05) is 0 Å². The van der Waals surface area contributed by atoms with Gasteiger partial charge in [0.05, 0.1) is 17.8 Å². The molecule has 0 saturated carbocycles. The number of aromatic carboxylic acids is 1.